The van der Waals surface area contributed by atoms with Crippen LogP contribution in [0.3, 0.4) is 0 Å². The average molecular weight is 509 g/mol. The number of halogens is 1. The Labute approximate surface area is 211 Å². The van der Waals surface area contributed by atoms with Crippen molar-refractivity contribution in [1.82, 2.24) is 29.7 Å². The number of hydrogen-bond acceptors (Lipinski definition) is 8. The number of nitrogens with one attached hydrogen (secondary N) is 2. The molecule has 4 aromatic rings. The number of rotatable bonds is 8. The lowest BCUT2D eigenvalue weighted by Crippen LogP contribution is -2.22. The molecule has 11 nitrogen and oxygen atoms in total. The Hall–Kier alpha value is -3.86. The van der Waals surface area contributed by atoms with Crippen LogP contribution in [0, 0.1) is 6.92 Å². The second kappa shape index (κ2) is 10.4. The Kier molecular flexibility index (Phi) is 6.90. The summed E-state index contributed by atoms with van der Waals surface area (Å²) in [6, 6.07) is 1.37. The molecule has 36 heavy (non-hydrogen) atoms. The highest BCUT2D eigenvalue weighted by Crippen LogP contribution is 2.38. The van der Waals surface area contributed by atoms with Crippen LogP contribution < -0.4 is 10.6 Å². The molecule has 2 N–H and O–H groups in total. The molecule has 1 aliphatic rings. The molecule has 0 aliphatic heterocycles. The van der Waals surface area contributed by atoms with Crippen molar-refractivity contribution in [3.8, 4) is 11.5 Å². The third-order valence-electron chi connectivity index (χ3n) is 6.24. The number of carbonyl (C=O) groups is 2. The fraction of sp³-hybridized carbons (Fsp3) is 0.375. The van der Waals surface area contributed by atoms with Crippen molar-refractivity contribution < 1.29 is 14.1 Å². The maximum absolute atomic E-state index is 12.9. The van der Waals surface area contributed by atoms with E-state index in [0.717, 1.165) is 43.2 Å². The molecule has 2 amide bonds. The SMILES string of the molecule is Cc1cc(NC(=O)Nc2cnc3c(Cl)cnn3c2C2CCCC2)cnc1-c1noc(CCCC=O)n1. The van der Waals surface area contributed by atoms with Crippen molar-refractivity contribution in [1.29, 1.82) is 0 Å². The van der Waals surface area contributed by atoms with Gasteiger partial charge in [-0.1, -0.05) is 29.6 Å². The normalized spacial score (nSPS) is 13.8. The van der Waals surface area contributed by atoms with Gasteiger partial charge in [0.2, 0.25) is 11.7 Å². The number of pyridine rings is 1. The molecule has 5 rings (SSSR count). The van der Waals surface area contributed by atoms with Crippen LogP contribution in [-0.4, -0.2) is 42.0 Å². The van der Waals surface area contributed by atoms with Gasteiger partial charge in [0.1, 0.15) is 17.0 Å². The summed E-state index contributed by atoms with van der Waals surface area (Å²) in [5.74, 6) is 1.09. The first-order valence-corrected chi connectivity index (χ1v) is 12.2. The lowest BCUT2D eigenvalue weighted by molar-refractivity contribution is -0.107. The molecular formula is C24H25ClN8O3. The minimum atomic E-state index is -0.417. The van der Waals surface area contributed by atoms with Crippen LogP contribution in [0.25, 0.3) is 17.2 Å². The van der Waals surface area contributed by atoms with Gasteiger partial charge in [-0.15, -0.1) is 0 Å². The molecule has 4 heterocycles. The summed E-state index contributed by atoms with van der Waals surface area (Å²) < 4.78 is 6.98. The van der Waals surface area contributed by atoms with Crippen LogP contribution in [-0.2, 0) is 11.2 Å². The lowest BCUT2D eigenvalue weighted by Gasteiger charge is -2.17. The number of anilines is 2. The molecule has 0 unspecified atom stereocenters. The number of nitrogens with zero attached hydrogens (tertiary/aromatic N) is 6. The van der Waals surface area contributed by atoms with Gasteiger partial charge < -0.3 is 20.0 Å². The predicted molar refractivity (Wildman–Crippen MR) is 133 cm³/mol. The Morgan fingerprint density at radius 3 is 2.83 bits per heavy atom. The molecule has 0 spiro atoms. The van der Waals surface area contributed by atoms with E-state index in [0.29, 0.717) is 58.7 Å². The van der Waals surface area contributed by atoms with Gasteiger partial charge in [-0.3, -0.25) is 4.98 Å². The van der Waals surface area contributed by atoms with Gasteiger partial charge in [0.25, 0.3) is 0 Å². The van der Waals surface area contributed by atoms with E-state index in [4.69, 9.17) is 16.1 Å². The zero-order chi connectivity index (χ0) is 25.1. The second-order valence-corrected chi connectivity index (χ2v) is 9.21. The smallest absolute Gasteiger partial charge is 0.323 e. The largest absolute Gasteiger partial charge is 0.339 e. The van der Waals surface area contributed by atoms with Gasteiger partial charge in [-0.25, -0.2) is 14.3 Å². The molecule has 186 valence electrons. The van der Waals surface area contributed by atoms with Crippen LogP contribution in [0.4, 0.5) is 16.2 Å². The number of amides is 2. The Balaban J connectivity index is 1.31. The average Bonchev–Trinajstić information content (AvgIpc) is 3.62. The van der Waals surface area contributed by atoms with Crippen LogP contribution in [0.15, 0.2) is 29.2 Å². The standard InChI is InChI=1S/C24H25ClN8O3/c1-14-10-16(11-26-20(14)22-31-19(36-32-22)8-4-5-9-34)29-24(35)30-18-13-27-23-17(25)12-28-33(23)21(18)15-6-2-3-7-15/h9-13,15H,2-8H2,1H3,(H2,29,30,35). The lowest BCUT2D eigenvalue weighted by atomic mass is 10.0. The minimum Gasteiger partial charge on any atom is -0.339 e. The number of aryl methyl sites for hydroxylation is 2. The first-order chi connectivity index (χ1) is 17.5. The van der Waals surface area contributed by atoms with E-state index in [9.17, 15) is 9.59 Å². The van der Waals surface area contributed by atoms with Crippen LogP contribution >= 0.6 is 11.6 Å². The summed E-state index contributed by atoms with van der Waals surface area (Å²) in [5, 5.41) is 14.6. The van der Waals surface area contributed by atoms with Crippen molar-refractivity contribution in [3.63, 3.8) is 0 Å². The molecule has 0 saturated heterocycles. The van der Waals surface area contributed by atoms with E-state index in [1.807, 2.05) is 6.92 Å². The van der Waals surface area contributed by atoms with Gasteiger partial charge >= 0.3 is 6.03 Å². The quantitative estimate of drug-likeness (QED) is 0.251. The summed E-state index contributed by atoms with van der Waals surface area (Å²) in [5.41, 5.74) is 3.93. The third-order valence-corrected chi connectivity index (χ3v) is 6.51. The number of fused-ring (bicyclic) bond motifs is 1. The number of aromatic nitrogens is 6. The molecule has 1 fully saturated rings. The van der Waals surface area contributed by atoms with Gasteiger partial charge in [-0.05, 0) is 37.8 Å². The molecule has 0 atom stereocenters. The zero-order valence-electron chi connectivity index (χ0n) is 19.7. The van der Waals surface area contributed by atoms with Gasteiger partial charge in [-0.2, -0.15) is 10.1 Å². The molecule has 0 radical (unpaired) electrons. The Bertz CT molecular complexity index is 1410. The third kappa shape index (κ3) is 4.92. The number of hydrogen-bond donors (Lipinski definition) is 2. The van der Waals surface area contributed by atoms with Gasteiger partial charge in [0.15, 0.2) is 5.65 Å². The second-order valence-electron chi connectivity index (χ2n) is 8.81. The van der Waals surface area contributed by atoms with E-state index < -0.39 is 6.03 Å². The molecule has 1 aliphatic carbocycles. The van der Waals surface area contributed by atoms with Crippen LogP contribution in [0.5, 0.6) is 0 Å². The van der Waals surface area contributed by atoms with Crippen molar-refractivity contribution in [2.24, 2.45) is 0 Å². The monoisotopic (exact) mass is 508 g/mol. The van der Waals surface area contributed by atoms with Gasteiger partial charge in [0, 0.05) is 18.8 Å². The maximum atomic E-state index is 12.9. The Morgan fingerprint density at radius 1 is 1.22 bits per heavy atom. The predicted octanol–water partition coefficient (Wildman–Crippen LogP) is 4.96. The van der Waals surface area contributed by atoms with E-state index in [-0.39, 0.29) is 5.92 Å². The summed E-state index contributed by atoms with van der Waals surface area (Å²) in [6.45, 7) is 1.85. The number of carbonyl (C=O) groups excluding carboxylic acids is 2. The molecule has 0 bridgehead atoms. The van der Waals surface area contributed by atoms with Crippen LogP contribution in [0.1, 0.15) is 61.6 Å². The van der Waals surface area contributed by atoms with Crippen molar-refractivity contribution in [2.45, 2.75) is 57.8 Å². The number of aldehydes is 1. The molecule has 1 saturated carbocycles. The highest BCUT2D eigenvalue weighted by Gasteiger charge is 2.25. The highest BCUT2D eigenvalue weighted by atomic mass is 35.5. The number of unbranched alkanes of at least 4 members (excludes halogenated alkanes) is 1. The topological polar surface area (TPSA) is 140 Å². The molecule has 4 aromatic heterocycles. The Morgan fingerprint density at radius 2 is 2.06 bits per heavy atom. The molecule has 0 aromatic carbocycles. The summed E-state index contributed by atoms with van der Waals surface area (Å²) in [4.78, 5) is 36.5. The summed E-state index contributed by atoms with van der Waals surface area (Å²) in [7, 11) is 0. The minimum absolute atomic E-state index is 0.267. The van der Waals surface area contributed by atoms with Crippen LogP contribution in [0.2, 0.25) is 5.02 Å². The first kappa shape index (κ1) is 23.9. The fourth-order valence-electron chi connectivity index (χ4n) is 4.56. The van der Waals surface area contributed by atoms with E-state index >= 15 is 0 Å². The first-order valence-electron chi connectivity index (χ1n) is 11.9. The zero-order valence-corrected chi connectivity index (χ0v) is 20.5. The summed E-state index contributed by atoms with van der Waals surface area (Å²) in [6.07, 6.45) is 11.5. The van der Waals surface area contributed by atoms with Crippen molar-refractivity contribution in [3.05, 3.63) is 46.8 Å². The number of urea groups is 1. The van der Waals surface area contributed by atoms with Crippen molar-refractivity contribution >= 4 is 40.9 Å². The molecule has 12 heteroatoms. The maximum Gasteiger partial charge on any atom is 0.323 e. The summed E-state index contributed by atoms with van der Waals surface area (Å²) >= 11 is 6.24. The van der Waals surface area contributed by atoms with Gasteiger partial charge in [0.05, 0.1) is 35.7 Å². The highest BCUT2D eigenvalue weighted by molar-refractivity contribution is 6.33. The fourth-order valence-corrected chi connectivity index (χ4v) is 4.73. The molecular weight excluding hydrogens is 484 g/mol. The van der Waals surface area contributed by atoms with E-state index in [1.165, 1.54) is 6.20 Å². The van der Waals surface area contributed by atoms with Crippen molar-refractivity contribution in [2.75, 3.05) is 10.6 Å². The van der Waals surface area contributed by atoms with E-state index in [1.54, 1.807) is 23.0 Å². The van der Waals surface area contributed by atoms with E-state index in [2.05, 4.69) is 35.8 Å².